The molecule has 1 fully saturated rings. The Labute approximate surface area is 123 Å². The van der Waals surface area contributed by atoms with Crippen molar-refractivity contribution < 1.29 is 8.42 Å². The highest BCUT2D eigenvalue weighted by Crippen LogP contribution is 2.30. The van der Waals surface area contributed by atoms with Crippen LogP contribution in [0.5, 0.6) is 0 Å². The highest BCUT2D eigenvalue weighted by atomic mass is 32.2. The zero-order chi connectivity index (χ0) is 15.2. The molecule has 0 saturated carbocycles. The second-order valence-electron chi connectivity index (χ2n) is 5.86. The van der Waals surface area contributed by atoms with Crippen LogP contribution in [0.3, 0.4) is 0 Å². The fourth-order valence-electron chi connectivity index (χ4n) is 3.04. The van der Waals surface area contributed by atoms with Crippen molar-refractivity contribution in [1.29, 1.82) is 0 Å². The molecule has 2 N–H and O–H groups in total. The fraction of sp³-hybridized carbons (Fsp3) is 0.500. The van der Waals surface area contributed by atoms with E-state index in [0.29, 0.717) is 17.6 Å². The average molecular weight is 309 g/mol. The van der Waals surface area contributed by atoms with Crippen molar-refractivity contribution in [3.05, 3.63) is 28.7 Å². The first-order chi connectivity index (χ1) is 9.89. The zero-order valence-electron chi connectivity index (χ0n) is 12.1. The lowest BCUT2D eigenvalue weighted by Crippen LogP contribution is -2.38. The van der Waals surface area contributed by atoms with Crippen LogP contribution in [0.25, 0.3) is 11.0 Å². The average Bonchev–Trinajstić information content (AvgIpc) is 3.02. The molecule has 21 heavy (non-hydrogen) atoms. The number of nitrogens with one attached hydrogen (secondary N) is 2. The van der Waals surface area contributed by atoms with Gasteiger partial charge in [0.25, 0.3) is 0 Å². The summed E-state index contributed by atoms with van der Waals surface area (Å²) < 4.78 is 27.2. The minimum atomic E-state index is -3.52. The number of aromatic amines is 2. The van der Waals surface area contributed by atoms with Gasteiger partial charge in [0.05, 0.1) is 15.9 Å². The first-order valence-corrected chi connectivity index (χ1v) is 8.57. The van der Waals surface area contributed by atoms with Crippen LogP contribution in [0.15, 0.2) is 27.9 Å². The topological polar surface area (TPSA) is 86.0 Å². The van der Waals surface area contributed by atoms with Crippen LogP contribution in [0.1, 0.15) is 26.7 Å². The summed E-state index contributed by atoms with van der Waals surface area (Å²) in [4.78, 5) is 16.7. The quantitative estimate of drug-likeness (QED) is 0.904. The second-order valence-corrected chi connectivity index (χ2v) is 7.75. The van der Waals surface area contributed by atoms with Crippen LogP contribution in [0.2, 0.25) is 0 Å². The molecule has 1 unspecified atom stereocenters. The molecule has 1 aliphatic rings. The van der Waals surface area contributed by atoms with E-state index >= 15 is 0 Å². The largest absolute Gasteiger partial charge is 0.323 e. The van der Waals surface area contributed by atoms with E-state index in [1.165, 1.54) is 6.07 Å². The van der Waals surface area contributed by atoms with Crippen molar-refractivity contribution in [3.63, 3.8) is 0 Å². The van der Waals surface area contributed by atoms with Gasteiger partial charge in [0, 0.05) is 12.6 Å². The van der Waals surface area contributed by atoms with E-state index in [4.69, 9.17) is 0 Å². The van der Waals surface area contributed by atoms with Gasteiger partial charge in [0.15, 0.2) is 0 Å². The van der Waals surface area contributed by atoms with E-state index in [0.717, 1.165) is 12.8 Å². The van der Waals surface area contributed by atoms with E-state index < -0.39 is 10.0 Å². The summed E-state index contributed by atoms with van der Waals surface area (Å²) in [7, 11) is -3.52. The molecule has 7 heteroatoms. The monoisotopic (exact) mass is 309 g/mol. The summed E-state index contributed by atoms with van der Waals surface area (Å²) >= 11 is 0. The minimum Gasteiger partial charge on any atom is -0.306 e. The zero-order valence-corrected chi connectivity index (χ0v) is 12.9. The van der Waals surface area contributed by atoms with E-state index in [1.807, 2.05) is 13.8 Å². The van der Waals surface area contributed by atoms with Gasteiger partial charge in [-0.25, -0.2) is 13.2 Å². The summed E-state index contributed by atoms with van der Waals surface area (Å²) in [6.45, 7) is 4.66. The van der Waals surface area contributed by atoms with Crippen molar-refractivity contribution in [2.24, 2.45) is 5.92 Å². The number of H-pyrrole nitrogens is 2. The maximum Gasteiger partial charge on any atom is 0.323 e. The van der Waals surface area contributed by atoms with Crippen molar-refractivity contribution in [1.82, 2.24) is 14.3 Å². The number of aromatic nitrogens is 2. The van der Waals surface area contributed by atoms with Crippen LogP contribution in [-0.4, -0.2) is 35.3 Å². The van der Waals surface area contributed by atoms with Gasteiger partial charge >= 0.3 is 5.69 Å². The van der Waals surface area contributed by atoms with Gasteiger partial charge < -0.3 is 9.97 Å². The van der Waals surface area contributed by atoms with Gasteiger partial charge in [-0.1, -0.05) is 13.8 Å². The lowest BCUT2D eigenvalue weighted by atomic mass is 10.0. The highest BCUT2D eigenvalue weighted by molar-refractivity contribution is 7.89. The molecule has 0 aliphatic carbocycles. The molecule has 1 aromatic carbocycles. The minimum absolute atomic E-state index is 0.0518. The lowest BCUT2D eigenvalue weighted by Gasteiger charge is -2.26. The molecule has 0 bridgehead atoms. The predicted molar refractivity (Wildman–Crippen MR) is 80.7 cm³/mol. The Morgan fingerprint density at radius 2 is 1.95 bits per heavy atom. The van der Waals surface area contributed by atoms with E-state index in [9.17, 15) is 13.2 Å². The summed E-state index contributed by atoms with van der Waals surface area (Å²) in [6, 6.07) is 4.76. The number of imidazole rings is 1. The third kappa shape index (κ3) is 2.40. The number of hydrogen-bond acceptors (Lipinski definition) is 3. The van der Waals surface area contributed by atoms with E-state index in [2.05, 4.69) is 9.97 Å². The number of rotatable bonds is 3. The standard InChI is InChI=1S/C14H19N3O3S/c1-9(2)13-4-3-7-17(13)21(19,20)10-5-6-11-12(8-10)16-14(18)15-11/h5-6,8-9,13H,3-4,7H2,1-2H3,(H2,15,16,18). The van der Waals surface area contributed by atoms with E-state index in [1.54, 1.807) is 16.4 Å². The molecule has 6 nitrogen and oxygen atoms in total. The van der Waals surface area contributed by atoms with Gasteiger partial charge in [0.1, 0.15) is 0 Å². The molecule has 1 saturated heterocycles. The molecule has 3 rings (SSSR count). The molecule has 1 atom stereocenters. The Hall–Kier alpha value is -1.60. The first-order valence-electron chi connectivity index (χ1n) is 7.13. The summed E-state index contributed by atoms with van der Waals surface area (Å²) in [5, 5.41) is 0. The Kier molecular flexibility index (Phi) is 3.41. The molecule has 0 spiro atoms. The maximum atomic E-state index is 12.8. The van der Waals surface area contributed by atoms with Crippen LogP contribution >= 0.6 is 0 Å². The van der Waals surface area contributed by atoms with Crippen molar-refractivity contribution in [3.8, 4) is 0 Å². The van der Waals surface area contributed by atoms with Gasteiger partial charge in [-0.2, -0.15) is 4.31 Å². The van der Waals surface area contributed by atoms with Crippen LogP contribution in [0.4, 0.5) is 0 Å². The van der Waals surface area contributed by atoms with Gasteiger partial charge in [0.2, 0.25) is 10.0 Å². The number of benzene rings is 1. The van der Waals surface area contributed by atoms with Crippen molar-refractivity contribution in [2.75, 3.05) is 6.54 Å². The third-order valence-corrected chi connectivity index (χ3v) is 6.03. The molecule has 2 aromatic rings. The van der Waals surface area contributed by atoms with Gasteiger partial charge in [-0.3, -0.25) is 0 Å². The van der Waals surface area contributed by atoms with Gasteiger partial charge in [-0.15, -0.1) is 0 Å². The second kappa shape index (κ2) is 4.99. The summed E-state index contributed by atoms with van der Waals surface area (Å²) in [5.74, 6) is 0.290. The molecular formula is C14H19N3O3S. The number of nitrogens with zero attached hydrogens (tertiary/aromatic N) is 1. The van der Waals surface area contributed by atoms with Crippen molar-refractivity contribution >= 4 is 21.1 Å². The fourth-order valence-corrected chi connectivity index (χ4v) is 4.89. The number of fused-ring (bicyclic) bond motifs is 1. The van der Waals surface area contributed by atoms with E-state index in [-0.39, 0.29) is 22.5 Å². The summed E-state index contributed by atoms with van der Waals surface area (Å²) in [6.07, 6.45) is 1.80. The SMILES string of the molecule is CC(C)C1CCCN1S(=O)(=O)c1ccc2[nH]c(=O)[nH]c2c1. The third-order valence-electron chi connectivity index (χ3n) is 4.11. The predicted octanol–water partition coefficient (Wildman–Crippen LogP) is 1.67. The molecule has 1 aliphatic heterocycles. The number of hydrogen-bond donors (Lipinski definition) is 2. The molecule has 0 radical (unpaired) electrons. The summed E-state index contributed by atoms with van der Waals surface area (Å²) in [5.41, 5.74) is 0.794. The highest BCUT2D eigenvalue weighted by Gasteiger charge is 2.36. The Morgan fingerprint density at radius 1 is 1.24 bits per heavy atom. The Balaban J connectivity index is 2.05. The molecule has 1 aromatic heterocycles. The first kappa shape index (κ1) is 14.3. The molecule has 0 amide bonds. The normalized spacial score (nSPS) is 20.6. The molecule has 114 valence electrons. The Bertz CT molecular complexity index is 819. The van der Waals surface area contributed by atoms with Crippen LogP contribution in [-0.2, 0) is 10.0 Å². The lowest BCUT2D eigenvalue weighted by molar-refractivity contribution is 0.316. The van der Waals surface area contributed by atoms with Crippen LogP contribution in [0, 0.1) is 5.92 Å². The van der Waals surface area contributed by atoms with Gasteiger partial charge in [-0.05, 0) is 37.0 Å². The van der Waals surface area contributed by atoms with Crippen molar-refractivity contribution in [2.45, 2.75) is 37.6 Å². The Morgan fingerprint density at radius 3 is 2.67 bits per heavy atom. The maximum absolute atomic E-state index is 12.8. The van der Waals surface area contributed by atoms with Crippen LogP contribution < -0.4 is 5.69 Å². The number of sulfonamides is 1. The molecule has 2 heterocycles. The molecular weight excluding hydrogens is 290 g/mol. The smallest absolute Gasteiger partial charge is 0.306 e.